The van der Waals surface area contributed by atoms with E-state index >= 15 is 0 Å². The summed E-state index contributed by atoms with van der Waals surface area (Å²) in [6.45, 7) is 8.88. The largest absolute Gasteiger partial charge is 0.369 e. The van der Waals surface area contributed by atoms with E-state index in [-0.39, 0.29) is 18.0 Å². The second kappa shape index (κ2) is 13.5. The molecule has 1 atom stereocenters. The molecule has 0 aliphatic carbocycles. The van der Waals surface area contributed by atoms with Crippen molar-refractivity contribution in [3.05, 3.63) is 60.2 Å². The van der Waals surface area contributed by atoms with Gasteiger partial charge in [-0.05, 0) is 55.3 Å². The second-order valence-corrected chi connectivity index (χ2v) is 11.7. The molecule has 2 fully saturated rings. The maximum absolute atomic E-state index is 13.2. The highest BCUT2D eigenvalue weighted by Crippen LogP contribution is 2.27. The van der Waals surface area contributed by atoms with Gasteiger partial charge in [0.2, 0.25) is 10.0 Å². The van der Waals surface area contributed by atoms with Crippen LogP contribution in [0.1, 0.15) is 33.1 Å². The highest BCUT2D eigenvalue weighted by Gasteiger charge is 2.31. The lowest BCUT2D eigenvalue weighted by Crippen LogP contribution is -2.44. The molecular formula is C29H40N4O5S. The molecule has 1 N–H and O–H groups in total. The van der Waals surface area contributed by atoms with Crippen LogP contribution >= 0.6 is 0 Å². The number of hydrogen-bond acceptors (Lipinski definition) is 7. The number of nitrogens with one attached hydrogen (secondary N) is 1. The van der Waals surface area contributed by atoms with E-state index in [2.05, 4.69) is 46.6 Å². The molecule has 0 saturated carbocycles. The molecule has 0 bridgehead atoms. The number of rotatable bonds is 7. The van der Waals surface area contributed by atoms with E-state index in [1.54, 1.807) is 18.2 Å². The van der Waals surface area contributed by atoms with Crippen LogP contribution in [-0.2, 0) is 24.4 Å². The van der Waals surface area contributed by atoms with E-state index in [1.165, 1.54) is 9.99 Å². The molecule has 39 heavy (non-hydrogen) atoms. The summed E-state index contributed by atoms with van der Waals surface area (Å²) < 4.78 is 33.1. The fourth-order valence-corrected chi connectivity index (χ4v) is 6.12. The molecule has 10 heteroatoms. The van der Waals surface area contributed by atoms with Gasteiger partial charge in [-0.3, -0.25) is 4.79 Å². The zero-order valence-electron chi connectivity index (χ0n) is 23.1. The first-order valence-electron chi connectivity index (χ1n) is 13.8. The minimum absolute atomic E-state index is 0.00143. The van der Waals surface area contributed by atoms with Crippen molar-refractivity contribution in [3.63, 3.8) is 0 Å². The lowest BCUT2D eigenvalue weighted by atomic mass is 10.1. The average Bonchev–Trinajstić information content (AvgIpc) is 3.50. The fraction of sp³-hybridized carbons (Fsp3) is 0.483. The van der Waals surface area contributed by atoms with Gasteiger partial charge in [0.15, 0.2) is 6.29 Å². The van der Waals surface area contributed by atoms with E-state index in [1.807, 2.05) is 26.0 Å². The summed E-state index contributed by atoms with van der Waals surface area (Å²) in [5.41, 5.74) is 5.94. The van der Waals surface area contributed by atoms with Gasteiger partial charge in [-0.25, -0.2) is 18.7 Å². The number of hydrogen-bond donors (Lipinski definition) is 1. The van der Waals surface area contributed by atoms with Crippen LogP contribution in [0.5, 0.6) is 0 Å². The van der Waals surface area contributed by atoms with Gasteiger partial charge in [0, 0.05) is 63.6 Å². The Bertz CT molecular complexity index is 1220. The van der Waals surface area contributed by atoms with E-state index in [0.717, 1.165) is 56.6 Å². The van der Waals surface area contributed by atoms with Crippen molar-refractivity contribution in [1.29, 1.82) is 0 Å². The normalized spacial score (nSPS) is 20.6. The highest BCUT2D eigenvalue weighted by molar-refractivity contribution is 7.89. The molecule has 1 unspecified atom stereocenters. The van der Waals surface area contributed by atoms with Crippen LogP contribution in [-0.4, -0.2) is 82.7 Å². The highest BCUT2D eigenvalue weighted by atomic mass is 32.2. The van der Waals surface area contributed by atoms with Crippen molar-refractivity contribution in [2.75, 3.05) is 57.8 Å². The predicted octanol–water partition coefficient (Wildman–Crippen LogP) is 3.64. The van der Waals surface area contributed by atoms with Crippen LogP contribution < -0.4 is 10.4 Å². The van der Waals surface area contributed by atoms with E-state index in [9.17, 15) is 13.2 Å². The van der Waals surface area contributed by atoms with Gasteiger partial charge in [0.1, 0.15) is 0 Å². The molecule has 212 valence electrons. The minimum Gasteiger partial charge on any atom is -0.369 e. The van der Waals surface area contributed by atoms with Crippen molar-refractivity contribution in [3.8, 4) is 11.1 Å². The van der Waals surface area contributed by atoms with Gasteiger partial charge in [-0.15, -0.1) is 0 Å². The van der Waals surface area contributed by atoms with Gasteiger partial charge < -0.3 is 14.5 Å². The first-order chi connectivity index (χ1) is 18.9. The topological polar surface area (TPSA) is 91.4 Å². The van der Waals surface area contributed by atoms with Crippen molar-refractivity contribution in [2.45, 2.75) is 44.3 Å². The zero-order chi connectivity index (χ0) is 27.8. The predicted molar refractivity (Wildman–Crippen MR) is 153 cm³/mol. The Hall–Kier alpha value is -2.76. The van der Waals surface area contributed by atoms with Crippen molar-refractivity contribution >= 4 is 21.6 Å². The molecule has 3 heterocycles. The van der Waals surface area contributed by atoms with Gasteiger partial charge in [-0.1, -0.05) is 44.2 Å². The number of carbonyl (C=O) groups excluding carboxylic acids is 1. The number of likely N-dealkylation sites (N-methyl/N-ethyl adjacent to an activating group) is 1. The SMILES string of the molecule is CC.CN1CCN(c2ccc(-c3ccc(S(=O)(=O)N4CC=C(C(=O)NOC5CCCCO5)C4)cc3)cc2)CC1. The van der Waals surface area contributed by atoms with Crippen LogP contribution in [0.15, 0.2) is 65.1 Å². The molecule has 5 rings (SSSR count). The number of anilines is 1. The Balaban J connectivity index is 0.00000172. The first-order valence-corrected chi connectivity index (χ1v) is 15.2. The fourth-order valence-electron chi connectivity index (χ4n) is 4.77. The summed E-state index contributed by atoms with van der Waals surface area (Å²) in [5.74, 6) is -0.442. The number of carbonyl (C=O) groups is 1. The van der Waals surface area contributed by atoms with Gasteiger partial charge in [0.05, 0.1) is 4.90 Å². The standard InChI is InChI=1S/C27H34N4O5S.C2H6/c1-29-15-17-30(18-16-29)24-9-5-21(6-10-24)22-7-11-25(12-8-22)37(33,34)31-14-13-23(20-31)27(32)28-36-26-4-2-3-19-35-26;1-2/h5-13,26H,2-4,14-20H2,1H3,(H,28,32);1-2H3. The van der Waals surface area contributed by atoms with Gasteiger partial charge >= 0.3 is 0 Å². The number of ether oxygens (including phenoxy) is 1. The zero-order valence-corrected chi connectivity index (χ0v) is 24.0. The van der Waals surface area contributed by atoms with Crippen LogP contribution in [0.4, 0.5) is 5.69 Å². The number of nitrogens with zero attached hydrogens (tertiary/aromatic N) is 3. The summed E-state index contributed by atoms with van der Waals surface area (Å²) in [7, 11) is -1.60. The number of hydroxylamine groups is 1. The van der Waals surface area contributed by atoms with Crippen LogP contribution in [0.3, 0.4) is 0 Å². The Morgan fingerprint density at radius 2 is 1.59 bits per heavy atom. The van der Waals surface area contributed by atoms with Crippen molar-refractivity contribution in [2.24, 2.45) is 0 Å². The Morgan fingerprint density at radius 3 is 2.21 bits per heavy atom. The minimum atomic E-state index is -3.74. The molecule has 2 saturated heterocycles. The van der Waals surface area contributed by atoms with Crippen molar-refractivity contribution in [1.82, 2.24) is 14.7 Å². The van der Waals surface area contributed by atoms with E-state index in [0.29, 0.717) is 12.2 Å². The summed E-state index contributed by atoms with van der Waals surface area (Å²) in [6.07, 6.45) is 3.84. The smallest absolute Gasteiger partial charge is 0.271 e. The molecule has 2 aromatic rings. The van der Waals surface area contributed by atoms with E-state index < -0.39 is 22.2 Å². The maximum Gasteiger partial charge on any atom is 0.271 e. The quantitative estimate of drug-likeness (QED) is 0.521. The third-order valence-electron chi connectivity index (χ3n) is 7.16. The molecule has 2 aromatic carbocycles. The Morgan fingerprint density at radius 1 is 0.949 bits per heavy atom. The summed E-state index contributed by atoms with van der Waals surface area (Å²) in [5, 5.41) is 0. The monoisotopic (exact) mass is 556 g/mol. The number of amides is 1. The lowest BCUT2D eigenvalue weighted by Gasteiger charge is -2.34. The molecule has 3 aliphatic rings. The molecule has 1 amide bonds. The molecular weight excluding hydrogens is 516 g/mol. The molecule has 0 aromatic heterocycles. The number of benzene rings is 2. The summed E-state index contributed by atoms with van der Waals surface area (Å²) >= 11 is 0. The molecule has 9 nitrogen and oxygen atoms in total. The molecule has 3 aliphatic heterocycles. The Labute approximate surface area is 232 Å². The Kier molecular flexibility index (Phi) is 10.1. The number of sulfonamides is 1. The third kappa shape index (κ3) is 7.26. The molecule has 0 radical (unpaired) electrons. The van der Waals surface area contributed by atoms with Gasteiger partial charge in [-0.2, -0.15) is 4.31 Å². The van der Waals surface area contributed by atoms with Crippen LogP contribution in [0.2, 0.25) is 0 Å². The maximum atomic E-state index is 13.2. The lowest BCUT2D eigenvalue weighted by molar-refractivity contribution is -0.198. The second-order valence-electron chi connectivity index (χ2n) is 9.73. The summed E-state index contributed by atoms with van der Waals surface area (Å²) in [4.78, 5) is 22.7. The summed E-state index contributed by atoms with van der Waals surface area (Å²) in [6, 6.07) is 15.3. The van der Waals surface area contributed by atoms with Crippen molar-refractivity contribution < 1.29 is 22.8 Å². The first kappa shape index (κ1) is 29.2. The van der Waals surface area contributed by atoms with Crippen LogP contribution in [0.25, 0.3) is 11.1 Å². The number of piperazine rings is 1. The third-order valence-corrected chi connectivity index (χ3v) is 8.99. The van der Waals surface area contributed by atoms with E-state index in [4.69, 9.17) is 9.57 Å². The molecule has 0 spiro atoms. The average molecular weight is 557 g/mol. The van der Waals surface area contributed by atoms with Crippen LogP contribution in [0, 0.1) is 0 Å². The van der Waals surface area contributed by atoms with Gasteiger partial charge in [0.25, 0.3) is 5.91 Å².